The molecule has 0 aliphatic heterocycles. The number of benzene rings is 3. The molecule has 0 radical (unpaired) electrons. The number of nitrogens with one attached hydrogen (secondary N) is 1. The molecule has 5 rings (SSSR count). The summed E-state index contributed by atoms with van der Waals surface area (Å²) in [6.07, 6.45) is -9.02. The van der Waals surface area contributed by atoms with Crippen LogP contribution >= 0.6 is 0 Å². The number of nitrogens with zero attached hydrogens (tertiary/aromatic N) is 3. The maximum atomic E-state index is 13.3. The molecular weight excluding hydrogens is 494 g/mol. The van der Waals surface area contributed by atoms with Gasteiger partial charge in [0.15, 0.2) is 0 Å². The minimum Gasteiger partial charge on any atom is -0.355 e. The molecule has 0 spiro atoms. The van der Waals surface area contributed by atoms with Crippen molar-refractivity contribution in [1.82, 2.24) is 15.0 Å². The van der Waals surface area contributed by atoms with Gasteiger partial charge in [-0.2, -0.15) is 26.3 Å². The van der Waals surface area contributed by atoms with Crippen LogP contribution in [0.5, 0.6) is 0 Å². The molecule has 0 saturated carbocycles. The molecule has 0 unspecified atom stereocenters. The van der Waals surface area contributed by atoms with Crippen LogP contribution in [0.3, 0.4) is 0 Å². The zero-order valence-corrected chi connectivity index (χ0v) is 19.5. The lowest BCUT2D eigenvalue weighted by Crippen LogP contribution is -2.05. The van der Waals surface area contributed by atoms with Crippen molar-refractivity contribution in [3.63, 3.8) is 0 Å². The van der Waals surface area contributed by atoms with Crippen molar-refractivity contribution >= 4 is 33.3 Å². The third kappa shape index (κ3) is 4.78. The molecule has 0 aliphatic rings. The molecule has 0 bridgehead atoms. The highest BCUT2D eigenvalue weighted by molar-refractivity contribution is 6.10. The van der Waals surface area contributed by atoms with Crippen molar-refractivity contribution in [2.75, 3.05) is 5.32 Å². The molecule has 0 saturated heterocycles. The number of hydrogen-bond donors (Lipinski definition) is 1. The number of pyridine rings is 1. The molecular formula is C27H18F6N4. The van der Waals surface area contributed by atoms with E-state index in [0.29, 0.717) is 39.0 Å². The number of rotatable bonds is 3. The van der Waals surface area contributed by atoms with E-state index in [9.17, 15) is 26.3 Å². The van der Waals surface area contributed by atoms with Crippen LogP contribution in [-0.4, -0.2) is 15.0 Å². The Labute approximate surface area is 207 Å². The molecule has 5 aromatic rings. The fourth-order valence-electron chi connectivity index (χ4n) is 4.01. The van der Waals surface area contributed by atoms with Gasteiger partial charge in [0, 0.05) is 11.3 Å². The van der Waals surface area contributed by atoms with E-state index in [0.717, 1.165) is 30.0 Å². The highest BCUT2D eigenvalue weighted by Crippen LogP contribution is 2.37. The van der Waals surface area contributed by atoms with Crippen LogP contribution in [0.4, 0.5) is 37.7 Å². The number of halogens is 6. The fraction of sp³-hybridized carbons (Fsp3) is 0.148. The molecule has 0 fully saturated rings. The molecule has 2 aromatic heterocycles. The lowest BCUT2D eigenvalue weighted by atomic mass is 10.0. The summed E-state index contributed by atoms with van der Waals surface area (Å²) in [5.74, 6) is 0. The molecule has 0 aliphatic carbocycles. The molecule has 37 heavy (non-hydrogen) atoms. The van der Waals surface area contributed by atoms with Crippen molar-refractivity contribution in [3.05, 3.63) is 89.2 Å². The normalized spacial score (nSPS) is 12.3. The Morgan fingerprint density at radius 1 is 0.649 bits per heavy atom. The van der Waals surface area contributed by atoms with Gasteiger partial charge in [-0.3, -0.25) is 0 Å². The molecule has 0 atom stereocenters. The first kappa shape index (κ1) is 24.5. The second kappa shape index (κ2) is 8.72. The van der Waals surface area contributed by atoms with Crippen LogP contribution in [0, 0.1) is 13.8 Å². The number of fused-ring (bicyclic) bond motifs is 3. The Morgan fingerprint density at radius 3 is 1.97 bits per heavy atom. The predicted octanol–water partition coefficient (Wildman–Crippen LogP) is 8.24. The Kier molecular flexibility index (Phi) is 5.77. The van der Waals surface area contributed by atoms with E-state index in [1.807, 2.05) is 6.92 Å². The SMILES string of the molecule is Cc1nc2ccc3nc(-c4cccc(C(F)(F)F)c4)cc(Nc4ccc(C(F)(F)F)cc4)c3c2nc1C. The first-order chi connectivity index (χ1) is 17.4. The molecule has 2 heterocycles. The fourth-order valence-corrected chi connectivity index (χ4v) is 4.01. The summed E-state index contributed by atoms with van der Waals surface area (Å²) in [5, 5.41) is 3.65. The number of alkyl halides is 6. The highest BCUT2D eigenvalue weighted by atomic mass is 19.4. The zero-order valence-electron chi connectivity index (χ0n) is 19.5. The summed E-state index contributed by atoms with van der Waals surface area (Å²) in [6, 6.07) is 14.2. The summed E-state index contributed by atoms with van der Waals surface area (Å²) in [5.41, 5.74) is 2.59. The molecule has 0 amide bonds. The summed E-state index contributed by atoms with van der Waals surface area (Å²) >= 11 is 0. The highest BCUT2D eigenvalue weighted by Gasteiger charge is 2.31. The smallest absolute Gasteiger partial charge is 0.355 e. The van der Waals surface area contributed by atoms with Crippen LogP contribution in [0.25, 0.3) is 33.2 Å². The van der Waals surface area contributed by atoms with E-state index in [2.05, 4.69) is 20.3 Å². The predicted molar refractivity (Wildman–Crippen MR) is 129 cm³/mol. The number of anilines is 2. The van der Waals surface area contributed by atoms with E-state index in [1.54, 1.807) is 25.1 Å². The zero-order chi connectivity index (χ0) is 26.5. The molecule has 10 heteroatoms. The second-order valence-electron chi connectivity index (χ2n) is 8.56. The van der Waals surface area contributed by atoms with Gasteiger partial charge in [0.2, 0.25) is 0 Å². The van der Waals surface area contributed by atoms with E-state index in [-0.39, 0.29) is 11.3 Å². The van der Waals surface area contributed by atoms with Gasteiger partial charge in [-0.25, -0.2) is 15.0 Å². The van der Waals surface area contributed by atoms with Crippen LogP contribution < -0.4 is 5.32 Å². The van der Waals surface area contributed by atoms with Crippen molar-refractivity contribution in [2.24, 2.45) is 0 Å². The van der Waals surface area contributed by atoms with Crippen molar-refractivity contribution in [3.8, 4) is 11.3 Å². The summed E-state index contributed by atoms with van der Waals surface area (Å²) in [7, 11) is 0. The Hall–Kier alpha value is -4.21. The van der Waals surface area contributed by atoms with Gasteiger partial charge in [0.1, 0.15) is 5.52 Å². The maximum absolute atomic E-state index is 13.3. The van der Waals surface area contributed by atoms with Gasteiger partial charge in [-0.1, -0.05) is 12.1 Å². The van der Waals surface area contributed by atoms with E-state index < -0.39 is 23.5 Å². The van der Waals surface area contributed by atoms with E-state index in [4.69, 9.17) is 0 Å². The van der Waals surface area contributed by atoms with Gasteiger partial charge >= 0.3 is 12.4 Å². The molecule has 3 aromatic carbocycles. The lowest BCUT2D eigenvalue weighted by molar-refractivity contribution is -0.138. The average molecular weight is 512 g/mol. The monoisotopic (exact) mass is 512 g/mol. The van der Waals surface area contributed by atoms with Gasteiger partial charge in [-0.05, 0) is 68.4 Å². The number of aromatic nitrogens is 3. The van der Waals surface area contributed by atoms with Gasteiger partial charge < -0.3 is 5.32 Å². The maximum Gasteiger partial charge on any atom is 0.416 e. The van der Waals surface area contributed by atoms with Gasteiger partial charge in [-0.15, -0.1) is 0 Å². The first-order valence-electron chi connectivity index (χ1n) is 11.1. The van der Waals surface area contributed by atoms with Crippen LogP contribution in [0.2, 0.25) is 0 Å². The molecule has 188 valence electrons. The Bertz CT molecular complexity index is 1640. The minimum atomic E-state index is -4.53. The average Bonchev–Trinajstić information content (AvgIpc) is 2.84. The van der Waals surface area contributed by atoms with Gasteiger partial charge in [0.05, 0.1) is 50.3 Å². The number of hydrogen-bond acceptors (Lipinski definition) is 4. The van der Waals surface area contributed by atoms with Crippen molar-refractivity contribution in [2.45, 2.75) is 26.2 Å². The van der Waals surface area contributed by atoms with Crippen molar-refractivity contribution < 1.29 is 26.3 Å². The first-order valence-corrected chi connectivity index (χ1v) is 11.1. The second-order valence-corrected chi connectivity index (χ2v) is 8.56. The van der Waals surface area contributed by atoms with Crippen molar-refractivity contribution in [1.29, 1.82) is 0 Å². The van der Waals surface area contributed by atoms with Crippen LogP contribution in [0.1, 0.15) is 22.5 Å². The Morgan fingerprint density at radius 2 is 1.30 bits per heavy atom. The molecule has 1 N–H and O–H groups in total. The molecule has 4 nitrogen and oxygen atoms in total. The summed E-state index contributed by atoms with van der Waals surface area (Å²) < 4.78 is 79.1. The largest absolute Gasteiger partial charge is 0.416 e. The third-order valence-corrected chi connectivity index (χ3v) is 5.99. The summed E-state index contributed by atoms with van der Waals surface area (Å²) in [6.45, 7) is 3.62. The standard InChI is InChI=1S/C27H18F6N4/c1-14-15(2)35-25-21(34-14)11-10-20-24(25)23(36-19-8-6-17(7-9-19)26(28,29)30)13-22(37-20)16-4-3-5-18(12-16)27(31,32)33/h3-13H,1-2H3,(H,36,37). The quantitative estimate of drug-likeness (QED) is 0.195. The third-order valence-electron chi connectivity index (χ3n) is 5.99. The van der Waals surface area contributed by atoms with Crippen LogP contribution in [-0.2, 0) is 12.4 Å². The van der Waals surface area contributed by atoms with E-state index >= 15 is 0 Å². The van der Waals surface area contributed by atoms with Crippen LogP contribution in [0.15, 0.2) is 66.7 Å². The van der Waals surface area contributed by atoms with E-state index in [1.165, 1.54) is 24.3 Å². The minimum absolute atomic E-state index is 0.235. The van der Waals surface area contributed by atoms with Gasteiger partial charge in [0.25, 0.3) is 0 Å². The topological polar surface area (TPSA) is 50.7 Å². The lowest BCUT2D eigenvalue weighted by Gasteiger charge is -2.15. The number of aryl methyl sites for hydroxylation is 2. The summed E-state index contributed by atoms with van der Waals surface area (Å²) in [4.78, 5) is 13.8. The Balaban J connectivity index is 1.73.